The number of hydrogen-bond donors (Lipinski definition) is 3. The third-order valence-electron chi connectivity index (χ3n) is 3.34. The number of nitrogens with zero attached hydrogens (tertiary/aromatic N) is 1. The molecule has 7 nitrogen and oxygen atoms in total. The number of nitrogens with one attached hydrogen (secondary N) is 2. The van der Waals surface area contributed by atoms with Crippen LogP contribution in [0.3, 0.4) is 0 Å². The molecule has 26 heavy (non-hydrogen) atoms. The third kappa shape index (κ3) is 5.89. The number of ether oxygens (including phenoxy) is 1. The molecular formula is C18H18BrN3O4. The van der Waals surface area contributed by atoms with Crippen molar-refractivity contribution >= 4 is 39.6 Å². The summed E-state index contributed by atoms with van der Waals surface area (Å²) >= 11 is 3.28. The molecule has 8 heteroatoms. The Morgan fingerprint density at radius 3 is 2.69 bits per heavy atom. The van der Waals surface area contributed by atoms with Gasteiger partial charge in [-0.05, 0) is 30.3 Å². The lowest BCUT2D eigenvalue weighted by molar-refractivity contribution is -0.124. The zero-order valence-electron chi connectivity index (χ0n) is 14.0. The normalized spacial score (nSPS) is 10.5. The van der Waals surface area contributed by atoms with Gasteiger partial charge in [0.25, 0.3) is 0 Å². The van der Waals surface area contributed by atoms with E-state index in [0.29, 0.717) is 17.0 Å². The number of aromatic hydroxyl groups is 1. The van der Waals surface area contributed by atoms with Gasteiger partial charge in [0.15, 0.2) is 0 Å². The molecule has 2 rings (SSSR count). The van der Waals surface area contributed by atoms with Crippen LogP contribution in [0.4, 0.5) is 5.69 Å². The van der Waals surface area contributed by atoms with E-state index in [9.17, 15) is 14.7 Å². The lowest BCUT2D eigenvalue weighted by Gasteiger charge is -2.09. The number of hydrazone groups is 1. The molecule has 3 N–H and O–H groups in total. The Balaban J connectivity index is 1.80. The Morgan fingerprint density at radius 1 is 1.19 bits per heavy atom. The molecule has 0 atom stereocenters. The molecule has 2 aromatic carbocycles. The number of rotatable bonds is 7. The first kappa shape index (κ1) is 19.5. The van der Waals surface area contributed by atoms with Crippen LogP contribution in [0.2, 0.25) is 0 Å². The third-order valence-corrected chi connectivity index (χ3v) is 3.84. The number of phenolic OH excluding ortho intramolecular Hbond substituents is 1. The smallest absolute Gasteiger partial charge is 0.240 e. The molecule has 0 radical (unpaired) electrons. The zero-order valence-corrected chi connectivity index (χ0v) is 15.6. The number of phenols is 1. The minimum atomic E-state index is -0.411. The van der Waals surface area contributed by atoms with Gasteiger partial charge in [-0.1, -0.05) is 28.1 Å². The lowest BCUT2D eigenvalue weighted by atomic mass is 10.2. The van der Waals surface area contributed by atoms with Crippen LogP contribution in [-0.2, 0) is 9.59 Å². The quantitative estimate of drug-likeness (QED) is 0.474. The van der Waals surface area contributed by atoms with Crippen LogP contribution in [0.25, 0.3) is 0 Å². The predicted molar refractivity (Wildman–Crippen MR) is 102 cm³/mol. The molecule has 0 saturated heterocycles. The van der Waals surface area contributed by atoms with E-state index < -0.39 is 5.91 Å². The highest BCUT2D eigenvalue weighted by molar-refractivity contribution is 9.10. The molecule has 0 aromatic heterocycles. The number of hydrogen-bond acceptors (Lipinski definition) is 5. The molecule has 0 spiro atoms. The van der Waals surface area contributed by atoms with Gasteiger partial charge in [-0.2, -0.15) is 5.10 Å². The Bertz CT molecular complexity index is 824. The van der Waals surface area contributed by atoms with Crippen LogP contribution in [0.5, 0.6) is 11.5 Å². The van der Waals surface area contributed by atoms with Crippen molar-refractivity contribution in [1.29, 1.82) is 0 Å². The number of benzene rings is 2. The molecule has 2 aromatic rings. The number of methoxy groups -OCH3 is 1. The second-order valence-corrected chi connectivity index (χ2v) is 6.16. The van der Waals surface area contributed by atoms with E-state index in [4.69, 9.17) is 4.74 Å². The fourth-order valence-corrected chi connectivity index (χ4v) is 2.42. The number of anilines is 1. The molecular weight excluding hydrogens is 402 g/mol. The van der Waals surface area contributed by atoms with Crippen LogP contribution in [0.15, 0.2) is 52.0 Å². The van der Waals surface area contributed by atoms with E-state index >= 15 is 0 Å². The summed E-state index contributed by atoms with van der Waals surface area (Å²) in [6, 6.07) is 11.9. The van der Waals surface area contributed by atoms with Crippen LogP contribution in [0, 0.1) is 0 Å². The van der Waals surface area contributed by atoms with Gasteiger partial charge in [0.05, 0.1) is 19.0 Å². The summed E-state index contributed by atoms with van der Waals surface area (Å²) in [5.41, 5.74) is 3.32. The first-order valence-electron chi connectivity index (χ1n) is 7.73. The highest BCUT2D eigenvalue weighted by Crippen LogP contribution is 2.23. The second kappa shape index (κ2) is 9.57. The molecule has 0 aliphatic carbocycles. The standard InChI is InChI=1S/C18H18BrN3O4/c1-26-16-5-3-2-4-14(16)21-17(24)8-9-18(25)22-20-11-12-10-13(19)6-7-15(12)23/h2-7,10-11,23H,8-9H2,1H3,(H,21,24)(H,22,25). The topological polar surface area (TPSA) is 100 Å². The van der Waals surface area contributed by atoms with Crippen LogP contribution >= 0.6 is 15.9 Å². The number of carbonyl (C=O) groups is 2. The molecule has 136 valence electrons. The van der Waals surface area contributed by atoms with E-state index in [0.717, 1.165) is 4.47 Å². The van der Waals surface area contributed by atoms with Crippen molar-refractivity contribution in [2.24, 2.45) is 5.10 Å². The summed E-state index contributed by atoms with van der Waals surface area (Å²) in [5.74, 6) is -0.129. The van der Waals surface area contributed by atoms with E-state index in [1.165, 1.54) is 19.4 Å². The van der Waals surface area contributed by atoms with Crippen molar-refractivity contribution in [2.75, 3.05) is 12.4 Å². The summed E-state index contributed by atoms with van der Waals surface area (Å²) in [7, 11) is 1.51. The maximum Gasteiger partial charge on any atom is 0.240 e. The van der Waals surface area contributed by atoms with Crippen molar-refractivity contribution in [3.8, 4) is 11.5 Å². The fraction of sp³-hybridized carbons (Fsp3) is 0.167. The average Bonchev–Trinajstić information content (AvgIpc) is 2.63. The Hall–Kier alpha value is -2.87. The largest absolute Gasteiger partial charge is 0.507 e. The number of para-hydroxylation sites is 2. The van der Waals surface area contributed by atoms with Crippen LogP contribution < -0.4 is 15.5 Å². The Labute approximate surface area is 159 Å². The molecule has 0 unspecified atom stereocenters. The summed E-state index contributed by atoms with van der Waals surface area (Å²) < 4.78 is 5.92. The summed E-state index contributed by atoms with van der Waals surface area (Å²) in [6.45, 7) is 0. The Morgan fingerprint density at radius 2 is 1.92 bits per heavy atom. The highest BCUT2D eigenvalue weighted by atomic mass is 79.9. The Kier molecular flexibility index (Phi) is 7.16. The van der Waals surface area contributed by atoms with Gasteiger partial charge in [-0.3, -0.25) is 9.59 Å². The summed E-state index contributed by atoms with van der Waals surface area (Å²) in [4.78, 5) is 23.7. The van der Waals surface area contributed by atoms with Crippen molar-refractivity contribution in [2.45, 2.75) is 12.8 Å². The maximum absolute atomic E-state index is 11.9. The molecule has 0 aliphatic rings. The van der Waals surface area contributed by atoms with E-state index in [1.54, 1.807) is 36.4 Å². The van der Waals surface area contributed by atoms with Crippen molar-refractivity contribution < 1.29 is 19.4 Å². The highest BCUT2D eigenvalue weighted by Gasteiger charge is 2.09. The van der Waals surface area contributed by atoms with Gasteiger partial charge in [0, 0.05) is 22.9 Å². The molecule has 0 saturated carbocycles. The SMILES string of the molecule is COc1ccccc1NC(=O)CCC(=O)NN=Cc1cc(Br)ccc1O. The number of halogens is 1. The van der Waals surface area contributed by atoms with E-state index in [1.807, 2.05) is 0 Å². The molecule has 0 bridgehead atoms. The minimum Gasteiger partial charge on any atom is -0.507 e. The molecule has 0 heterocycles. The van der Waals surface area contributed by atoms with Crippen molar-refractivity contribution in [3.63, 3.8) is 0 Å². The second-order valence-electron chi connectivity index (χ2n) is 5.24. The first-order valence-corrected chi connectivity index (χ1v) is 8.52. The van der Waals surface area contributed by atoms with Crippen molar-refractivity contribution in [1.82, 2.24) is 5.43 Å². The van der Waals surface area contributed by atoms with Gasteiger partial charge in [-0.25, -0.2) is 5.43 Å². The van der Waals surface area contributed by atoms with Gasteiger partial charge in [-0.15, -0.1) is 0 Å². The molecule has 0 fully saturated rings. The van der Waals surface area contributed by atoms with Crippen LogP contribution in [0.1, 0.15) is 18.4 Å². The molecule has 0 aliphatic heterocycles. The lowest BCUT2D eigenvalue weighted by Crippen LogP contribution is -2.20. The molecule has 2 amide bonds. The van der Waals surface area contributed by atoms with Gasteiger partial charge in [0.2, 0.25) is 11.8 Å². The maximum atomic E-state index is 11.9. The average molecular weight is 420 g/mol. The number of amides is 2. The first-order chi connectivity index (χ1) is 12.5. The predicted octanol–water partition coefficient (Wildman–Crippen LogP) is 3.03. The van der Waals surface area contributed by atoms with E-state index in [-0.39, 0.29) is 24.5 Å². The minimum absolute atomic E-state index is 0.00152. The summed E-state index contributed by atoms with van der Waals surface area (Å²) in [5, 5.41) is 16.1. The monoisotopic (exact) mass is 419 g/mol. The van der Waals surface area contributed by atoms with Gasteiger partial charge in [0.1, 0.15) is 11.5 Å². The van der Waals surface area contributed by atoms with Crippen molar-refractivity contribution in [3.05, 3.63) is 52.5 Å². The zero-order chi connectivity index (χ0) is 18.9. The summed E-state index contributed by atoms with van der Waals surface area (Å²) in [6.07, 6.45) is 1.30. The van der Waals surface area contributed by atoms with Gasteiger partial charge < -0.3 is 15.2 Å². The van der Waals surface area contributed by atoms with Crippen LogP contribution in [-0.4, -0.2) is 30.2 Å². The fourth-order valence-electron chi connectivity index (χ4n) is 2.05. The van der Waals surface area contributed by atoms with E-state index in [2.05, 4.69) is 31.8 Å². The number of carbonyl (C=O) groups excluding carboxylic acids is 2. The van der Waals surface area contributed by atoms with Gasteiger partial charge >= 0.3 is 0 Å².